The van der Waals surface area contributed by atoms with Crippen LogP contribution in [-0.2, 0) is 14.3 Å². The van der Waals surface area contributed by atoms with Crippen molar-refractivity contribution >= 4 is 36.6 Å². The number of rotatable bonds is 9. The third-order valence-electron chi connectivity index (χ3n) is 3.96. The summed E-state index contributed by atoms with van der Waals surface area (Å²) in [5.41, 5.74) is 0. The van der Waals surface area contributed by atoms with Crippen LogP contribution in [-0.4, -0.2) is 99.1 Å². The van der Waals surface area contributed by atoms with Gasteiger partial charge in [-0.3, -0.25) is 14.5 Å². The highest BCUT2D eigenvalue weighted by molar-refractivity contribution is 5.85. The molecule has 144 valence electrons. The van der Waals surface area contributed by atoms with E-state index in [2.05, 4.69) is 10.2 Å². The Morgan fingerprint density at radius 2 is 1.67 bits per heavy atom. The van der Waals surface area contributed by atoms with Crippen LogP contribution in [0.2, 0.25) is 0 Å². The summed E-state index contributed by atoms with van der Waals surface area (Å²) in [6.07, 6.45) is 0. The molecule has 0 aromatic carbocycles. The Balaban J connectivity index is 0. The summed E-state index contributed by atoms with van der Waals surface area (Å²) in [6, 6.07) is 0. The smallest absolute Gasteiger partial charge is 0.236 e. The van der Waals surface area contributed by atoms with Gasteiger partial charge in [0.05, 0.1) is 19.7 Å². The van der Waals surface area contributed by atoms with Gasteiger partial charge in [-0.25, -0.2) is 0 Å². The van der Waals surface area contributed by atoms with E-state index in [1.807, 2.05) is 23.6 Å². The summed E-state index contributed by atoms with van der Waals surface area (Å²) in [4.78, 5) is 29.9. The second-order valence-corrected chi connectivity index (χ2v) is 5.39. The first-order valence-electron chi connectivity index (χ1n) is 8.09. The van der Waals surface area contributed by atoms with E-state index >= 15 is 0 Å². The minimum Gasteiger partial charge on any atom is -0.383 e. The zero-order valence-corrected chi connectivity index (χ0v) is 16.6. The lowest BCUT2D eigenvalue weighted by atomic mass is 10.3. The fourth-order valence-electron chi connectivity index (χ4n) is 2.50. The topological polar surface area (TPSA) is 65.1 Å². The molecular weight excluding hydrogens is 355 g/mol. The third-order valence-corrected chi connectivity index (χ3v) is 3.96. The molecule has 1 heterocycles. The number of carbonyl (C=O) groups is 2. The van der Waals surface area contributed by atoms with Gasteiger partial charge in [0.15, 0.2) is 0 Å². The molecule has 0 saturated carbocycles. The van der Waals surface area contributed by atoms with E-state index in [0.717, 1.165) is 26.2 Å². The minimum absolute atomic E-state index is 0. The van der Waals surface area contributed by atoms with Gasteiger partial charge in [0, 0.05) is 52.9 Å². The highest BCUT2D eigenvalue weighted by Crippen LogP contribution is 2.03. The minimum atomic E-state index is 0. The standard InChI is InChI=1S/C15H30N4O3.2ClH/c1-4-18(5-2)15(21)13-17-7-9-19(10-8-17)14(20)12-16-6-11-22-3;;/h16H,4-13H2,1-3H3;2*1H. The molecule has 0 atom stereocenters. The summed E-state index contributed by atoms with van der Waals surface area (Å²) in [5.74, 6) is 0.289. The summed E-state index contributed by atoms with van der Waals surface area (Å²) in [7, 11) is 1.64. The maximum absolute atomic E-state index is 12.1. The Kier molecular flexibility index (Phi) is 15.7. The zero-order valence-electron chi connectivity index (χ0n) is 15.0. The molecule has 0 aromatic rings. The highest BCUT2D eigenvalue weighted by Gasteiger charge is 2.23. The van der Waals surface area contributed by atoms with Crippen molar-refractivity contribution in [2.24, 2.45) is 0 Å². The lowest BCUT2D eigenvalue weighted by Crippen LogP contribution is -2.53. The predicted molar refractivity (Wildman–Crippen MR) is 100 cm³/mol. The molecule has 0 aliphatic carbocycles. The number of hydrogen-bond donors (Lipinski definition) is 1. The lowest BCUT2D eigenvalue weighted by Gasteiger charge is -2.35. The molecule has 24 heavy (non-hydrogen) atoms. The summed E-state index contributed by atoms with van der Waals surface area (Å²) in [6.45, 7) is 10.5. The number of methoxy groups -OCH3 is 1. The molecular formula is C15H32Cl2N4O3. The summed E-state index contributed by atoms with van der Waals surface area (Å²) >= 11 is 0. The van der Waals surface area contributed by atoms with E-state index in [0.29, 0.717) is 39.3 Å². The van der Waals surface area contributed by atoms with Crippen LogP contribution in [0.3, 0.4) is 0 Å². The Labute approximate surface area is 157 Å². The average molecular weight is 387 g/mol. The number of likely N-dealkylation sites (N-methyl/N-ethyl adjacent to an activating group) is 1. The van der Waals surface area contributed by atoms with Gasteiger partial charge in [-0.15, -0.1) is 24.8 Å². The monoisotopic (exact) mass is 386 g/mol. The molecule has 9 heteroatoms. The molecule has 0 aromatic heterocycles. The maximum Gasteiger partial charge on any atom is 0.236 e. The average Bonchev–Trinajstić information content (AvgIpc) is 2.53. The maximum atomic E-state index is 12.1. The van der Waals surface area contributed by atoms with E-state index in [9.17, 15) is 9.59 Å². The normalized spacial score (nSPS) is 14.5. The second-order valence-electron chi connectivity index (χ2n) is 5.39. The fraction of sp³-hybridized carbons (Fsp3) is 0.867. The molecule has 2 amide bonds. The molecule has 1 N–H and O–H groups in total. The van der Waals surface area contributed by atoms with E-state index in [4.69, 9.17) is 4.74 Å². The van der Waals surface area contributed by atoms with Crippen molar-refractivity contribution in [3.63, 3.8) is 0 Å². The van der Waals surface area contributed by atoms with Crippen LogP contribution in [0.5, 0.6) is 0 Å². The van der Waals surface area contributed by atoms with Crippen molar-refractivity contribution in [1.82, 2.24) is 20.0 Å². The van der Waals surface area contributed by atoms with Crippen LogP contribution in [0.25, 0.3) is 0 Å². The number of nitrogens with one attached hydrogen (secondary N) is 1. The summed E-state index contributed by atoms with van der Waals surface area (Å²) in [5, 5.41) is 3.07. The van der Waals surface area contributed by atoms with E-state index in [-0.39, 0.29) is 36.6 Å². The SMILES string of the molecule is CCN(CC)C(=O)CN1CCN(C(=O)CNCCOC)CC1.Cl.Cl. The van der Waals surface area contributed by atoms with Gasteiger partial charge in [0.1, 0.15) is 0 Å². The Hall–Kier alpha value is -0.600. The molecule has 0 unspecified atom stereocenters. The van der Waals surface area contributed by atoms with E-state index in [1.165, 1.54) is 0 Å². The number of amides is 2. The Morgan fingerprint density at radius 3 is 2.17 bits per heavy atom. The predicted octanol–water partition coefficient (Wildman–Crippen LogP) is 0.0786. The third kappa shape index (κ3) is 9.03. The summed E-state index contributed by atoms with van der Waals surface area (Å²) < 4.78 is 4.93. The van der Waals surface area contributed by atoms with Crippen molar-refractivity contribution in [2.45, 2.75) is 13.8 Å². The van der Waals surface area contributed by atoms with E-state index < -0.39 is 0 Å². The number of ether oxygens (including phenoxy) is 1. The Morgan fingerprint density at radius 1 is 1.08 bits per heavy atom. The van der Waals surface area contributed by atoms with Crippen molar-refractivity contribution in [3.05, 3.63) is 0 Å². The quantitative estimate of drug-likeness (QED) is 0.568. The molecule has 7 nitrogen and oxygen atoms in total. The molecule has 0 radical (unpaired) electrons. The molecule has 1 aliphatic heterocycles. The highest BCUT2D eigenvalue weighted by atomic mass is 35.5. The van der Waals surface area contributed by atoms with Crippen LogP contribution in [0.4, 0.5) is 0 Å². The van der Waals surface area contributed by atoms with Gasteiger partial charge in [0.2, 0.25) is 11.8 Å². The molecule has 0 bridgehead atoms. The number of halogens is 2. The van der Waals surface area contributed by atoms with Crippen molar-refractivity contribution in [3.8, 4) is 0 Å². The van der Waals surface area contributed by atoms with Gasteiger partial charge in [-0.1, -0.05) is 0 Å². The van der Waals surface area contributed by atoms with Crippen molar-refractivity contribution in [1.29, 1.82) is 0 Å². The number of carbonyl (C=O) groups excluding carboxylic acids is 2. The van der Waals surface area contributed by atoms with E-state index in [1.54, 1.807) is 7.11 Å². The van der Waals surface area contributed by atoms with Crippen LogP contribution in [0.1, 0.15) is 13.8 Å². The lowest BCUT2D eigenvalue weighted by molar-refractivity contribution is -0.134. The molecule has 1 rings (SSSR count). The molecule has 1 fully saturated rings. The first-order chi connectivity index (χ1) is 10.6. The molecule has 0 spiro atoms. The first-order valence-corrected chi connectivity index (χ1v) is 8.09. The number of piperazine rings is 1. The van der Waals surface area contributed by atoms with Crippen LogP contribution < -0.4 is 5.32 Å². The van der Waals surface area contributed by atoms with Gasteiger partial charge in [-0.05, 0) is 13.8 Å². The molecule has 1 saturated heterocycles. The number of nitrogens with zero attached hydrogens (tertiary/aromatic N) is 3. The van der Waals surface area contributed by atoms with Gasteiger partial charge < -0.3 is 19.9 Å². The fourth-order valence-corrected chi connectivity index (χ4v) is 2.50. The van der Waals surface area contributed by atoms with Gasteiger partial charge in [0.25, 0.3) is 0 Å². The number of hydrogen-bond acceptors (Lipinski definition) is 5. The molecule has 1 aliphatic rings. The first kappa shape index (κ1) is 25.6. The second kappa shape index (κ2) is 14.7. The van der Waals surface area contributed by atoms with Crippen molar-refractivity contribution < 1.29 is 14.3 Å². The van der Waals surface area contributed by atoms with Gasteiger partial charge in [-0.2, -0.15) is 0 Å². The van der Waals surface area contributed by atoms with Crippen LogP contribution in [0.15, 0.2) is 0 Å². The van der Waals surface area contributed by atoms with Gasteiger partial charge >= 0.3 is 0 Å². The zero-order chi connectivity index (χ0) is 16.4. The Bertz CT molecular complexity index is 350. The largest absolute Gasteiger partial charge is 0.383 e. The van der Waals surface area contributed by atoms with Crippen LogP contribution >= 0.6 is 24.8 Å². The van der Waals surface area contributed by atoms with Crippen molar-refractivity contribution in [2.75, 3.05) is 72.6 Å². The van der Waals surface area contributed by atoms with Crippen LogP contribution in [0, 0.1) is 0 Å².